The van der Waals surface area contributed by atoms with Crippen molar-refractivity contribution >= 4 is 88.8 Å². The number of fused-ring (bicyclic) bond motifs is 5. The van der Waals surface area contributed by atoms with Crippen molar-refractivity contribution in [2.45, 2.75) is 22.5 Å². The molecule has 166 valence electrons. The Labute approximate surface area is 208 Å². The number of amides is 3. The fourth-order valence-corrected chi connectivity index (χ4v) is 7.12. The first-order chi connectivity index (χ1) is 14.7. The van der Waals surface area contributed by atoms with Crippen molar-refractivity contribution in [1.29, 1.82) is 0 Å². The molecule has 2 bridgehead atoms. The number of ether oxygens (including phenoxy) is 1. The standard InChI is InChI=1S/C20H18Br3ClN2O5/c21-11-2-1-8(5-12(11)24)25-13(27)7-31-14(28)3-4-26-19(29)15-9-6-10(16(15)20(26)30)18(23)17(9)22/h1-2,5,9-10,15-18H,3-4,6-7H2,(H,25,27)/t9-,10-,15-,16-,17-,18+/m1/s1. The van der Waals surface area contributed by atoms with E-state index in [2.05, 4.69) is 53.1 Å². The molecule has 1 heterocycles. The van der Waals surface area contributed by atoms with E-state index in [1.807, 2.05) is 0 Å². The highest BCUT2D eigenvalue weighted by Gasteiger charge is 2.66. The first-order valence-corrected chi connectivity index (χ1v) is 12.7. The first-order valence-electron chi connectivity index (χ1n) is 9.73. The number of alkyl halides is 2. The zero-order valence-electron chi connectivity index (χ0n) is 16.0. The summed E-state index contributed by atoms with van der Waals surface area (Å²) in [6.45, 7) is -0.507. The van der Waals surface area contributed by atoms with E-state index in [1.54, 1.807) is 18.2 Å². The summed E-state index contributed by atoms with van der Waals surface area (Å²) in [5.74, 6) is -1.94. The van der Waals surface area contributed by atoms with E-state index in [-0.39, 0.29) is 58.1 Å². The van der Waals surface area contributed by atoms with Crippen molar-refractivity contribution < 1.29 is 23.9 Å². The van der Waals surface area contributed by atoms with Crippen LogP contribution in [0.2, 0.25) is 5.02 Å². The molecule has 1 aromatic rings. The molecule has 1 aliphatic heterocycles. The van der Waals surface area contributed by atoms with Gasteiger partial charge in [0, 0.05) is 26.4 Å². The van der Waals surface area contributed by atoms with Crippen LogP contribution in [-0.2, 0) is 23.9 Å². The van der Waals surface area contributed by atoms with Gasteiger partial charge in [-0.3, -0.25) is 24.1 Å². The van der Waals surface area contributed by atoms with Crippen LogP contribution in [-0.4, -0.2) is 51.4 Å². The maximum Gasteiger partial charge on any atom is 0.308 e. The van der Waals surface area contributed by atoms with Crippen LogP contribution < -0.4 is 5.32 Å². The Hall–Kier alpha value is -0.970. The number of nitrogens with one attached hydrogen (secondary N) is 1. The lowest BCUT2D eigenvalue weighted by Gasteiger charge is -2.28. The average molecular weight is 642 g/mol. The summed E-state index contributed by atoms with van der Waals surface area (Å²) in [5, 5.41) is 3.01. The van der Waals surface area contributed by atoms with Crippen LogP contribution in [0.3, 0.4) is 0 Å². The van der Waals surface area contributed by atoms with Gasteiger partial charge in [0.15, 0.2) is 6.61 Å². The maximum atomic E-state index is 12.8. The smallest absolute Gasteiger partial charge is 0.308 e. The number of hydrogen-bond donors (Lipinski definition) is 1. The van der Waals surface area contributed by atoms with Gasteiger partial charge in [0.1, 0.15) is 0 Å². The number of hydrogen-bond acceptors (Lipinski definition) is 5. The first kappa shape index (κ1) is 23.2. The Morgan fingerprint density at radius 3 is 2.32 bits per heavy atom. The van der Waals surface area contributed by atoms with Crippen LogP contribution in [0.5, 0.6) is 0 Å². The van der Waals surface area contributed by atoms with Crippen molar-refractivity contribution in [3.63, 3.8) is 0 Å². The highest BCUT2D eigenvalue weighted by Crippen LogP contribution is 2.60. The Kier molecular flexibility index (Phi) is 6.82. The molecule has 2 saturated carbocycles. The van der Waals surface area contributed by atoms with E-state index >= 15 is 0 Å². The molecule has 11 heteroatoms. The molecule has 0 radical (unpaired) electrons. The number of likely N-dealkylation sites (tertiary alicyclic amines) is 1. The second-order valence-electron chi connectivity index (χ2n) is 7.92. The third kappa shape index (κ3) is 4.32. The number of anilines is 1. The summed E-state index contributed by atoms with van der Waals surface area (Å²) in [6.07, 6.45) is 0.701. The molecule has 0 spiro atoms. The Balaban J connectivity index is 1.26. The summed E-state index contributed by atoms with van der Waals surface area (Å²) in [4.78, 5) is 51.2. The Morgan fingerprint density at radius 1 is 1.13 bits per heavy atom. The normalized spacial score (nSPS) is 31.2. The van der Waals surface area contributed by atoms with E-state index in [9.17, 15) is 19.2 Å². The molecule has 6 atom stereocenters. The van der Waals surface area contributed by atoms with Gasteiger partial charge in [0.2, 0.25) is 11.8 Å². The number of carbonyl (C=O) groups excluding carboxylic acids is 4. The maximum absolute atomic E-state index is 12.8. The fraction of sp³-hybridized carbons (Fsp3) is 0.500. The van der Waals surface area contributed by atoms with Gasteiger partial charge in [-0.2, -0.15) is 0 Å². The van der Waals surface area contributed by atoms with Crippen molar-refractivity contribution in [2.75, 3.05) is 18.5 Å². The highest BCUT2D eigenvalue weighted by atomic mass is 79.9. The molecule has 2 aliphatic carbocycles. The molecule has 0 unspecified atom stereocenters. The predicted octanol–water partition coefficient (Wildman–Crippen LogP) is 3.75. The van der Waals surface area contributed by atoms with Gasteiger partial charge in [-0.15, -0.1) is 0 Å². The monoisotopic (exact) mass is 638 g/mol. The molecular formula is C20H18Br3ClN2O5. The summed E-state index contributed by atoms with van der Waals surface area (Å²) < 4.78 is 5.68. The number of benzene rings is 1. The molecule has 3 amide bonds. The minimum absolute atomic E-state index is 0.0349. The van der Waals surface area contributed by atoms with Crippen LogP contribution >= 0.6 is 59.4 Å². The zero-order valence-corrected chi connectivity index (χ0v) is 21.5. The predicted molar refractivity (Wildman–Crippen MR) is 124 cm³/mol. The second-order valence-corrected chi connectivity index (χ2v) is 11.3. The van der Waals surface area contributed by atoms with Crippen molar-refractivity contribution in [3.05, 3.63) is 27.7 Å². The number of nitrogens with zero attached hydrogens (tertiary/aromatic N) is 1. The lowest BCUT2D eigenvalue weighted by molar-refractivity contribution is -0.149. The lowest BCUT2D eigenvalue weighted by atomic mass is 9.81. The minimum Gasteiger partial charge on any atom is -0.456 e. The topological polar surface area (TPSA) is 92.8 Å². The van der Waals surface area contributed by atoms with E-state index in [4.69, 9.17) is 16.3 Å². The van der Waals surface area contributed by atoms with E-state index in [0.29, 0.717) is 15.2 Å². The average Bonchev–Trinajstić information content (AvgIpc) is 3.33. The van der Waals surface area contributed by atoms with Crippen molar-refractivity contribution in [3.8, 4) is 0 Å². The molecule has 31 heavy (non-hydrogen) atoms. The molecule has 3 aliphatic rings. The van der Waals surface area contributed by atoms with Crippen LogP contribution in [0.1, 0.15) is 12.8 Å². The van der Waals surface area contributed by atoms with Crippen LogP contribution in [0.25, 0.3) is 0 Å². The molecule has 1 aromatic carbocycles. The van der Waals surface area contributed by atoms with Crippen molar-refractivity contribution in [2.24, 2.45) is 23.7 Å². The largest absolute Gasteiger partial charge is 0.456 e. The quantitative estimate of drug-likeness (QED) is 0.291. The lowest BCUT2D eigenvalue weighted by Crippen LogP contribution is -2.37. The summed E-state index contributed by atoms with van der Waals surface area (Å²) in [7, 11) is 0. The van der Waals surface area contributed by atoms with Crippen LogP contribution in [0.15, 0.2) is 22.7 Å². The van der Waals surface area contributed by atoms with Gasteiger partial charge in [-0.05, 0) is 52.4 Å². The molecule has 1 saturated heterocycles. The molecule has 3 fully saturated rings. The van der Waals surface area contributed by atoms with E-state index in [0.717, 1.165) is 6.42 Å². The molecule has 0 aromatic heterocycles. The number of esters is 1. The van der Waals surface area contributed by atoms with E-state index < -0.39 is 18.5 Å². The van der Waals surface area contributed by atoms with Gasteiger partial charge in [0.05, 0.1) is 23.3 Å². The van der Waals surface area contributed by atoms with Crippen LogP contribution in [0, 0.1) is 23.7 Å². The van der Waals surface area contributed by atoms with Crippen molar-refractivity contribution in [1.82, 2.24) is 4.90 Å². The molecule has 7 nitrogen and oxygen atoms in total. The summed E-state index contributed by atoms with van der Waals surface area (Å²) in [6, 6.07) is 4.90. The van der Waals surface area contributed by atoms with Gasteiger partial charge in [-0.1, -0.05) is 43.5 Å². The SMILES string of the molecule is O=C(COC(=O)CCN1C(=O)[C@@H]2[C@H]3C[C@@H]([C@@H](Br)[C@H]3Br)[C@H]2C1=O)Nc1ccc(Br)c(Cl)c1. The molecular weight excluding hydrogens is 623 g/mol. The van der Waals surface area contributed by atoms with E-state index in [1.165, 1.54) is 4.90 Å². The fourth-order valence-electron chi connectivity index (χ4n) is 4.82. The number of carbonyl (C=O) groups is 4. The zero-order chi connectivity index (χ0) is 22.4. The number of rotatable bonds is 6. The molecule has 1 N–H and O–H groups in total. The van der Waals surface area contributed by atoms with Gasteiger partial charge in [0.25, 0.3) is 5.91 Å². The Bertz CT molecular complexity index is 929. The van der Waals surface area contributed by atoms with Crippen LogP contribution in [0.4, 0.5) is 5.69 Å². The van der Waals surface area contributed by atoms with Gasteiger partial charge >= 0.3 is 5.97 Å². The minimum atomic E-state index is -0.652. The number of imide groups is 1. The van der Waals surface area contributed by atoms with Gasteiger partial charge < -0.3 is 10.1 Å². The highest BCUT2D eigenvalue weighted by molar-refractivity contribution is 9.12. The van der Waals surface area contributed by atoms with Gasteiger partial charge in [-0.25, -0.2) is 0 Å². The summed E-state index contributed by atoms with van der Waals surface area (Å²) >= 11 is 16.5. The third-order valence-corrected chi connectivity index (χ3v) is 10.6. The summed E-state index contributed by atoms with van der Waals surface area (Å²) in [5.41, 5.74) is 0.471. The second kappa shape index (κ2) is 9.11. The third-order valence-electron chi connectivity index (χ3n) is 6.19. The Morgan fingerprint density at radius 2 is 1.74 bits per heavy atom. The number of halogens is 4. The molecule has 4 rings (SSSR count).